The highest BCUT2D eigenvalue weighted by atomic mass is 32.1. The molecule has 5 atom stereocenters. The van der Waals surface area contributed by atoms with Crippen LogP contribution in [0.2, 0.25) is 0 Å². The molecule has 2 N–H and O–H groups in total. The summed E-state index contributed by atoms with van der Waals surface area (Å²) in [5.41, 5.74) is -0.955. The molecule has 2 saturated heterocycles. The van der Waals surface area contributed by atoms with Crippen LogP contribution in [0, 0.1) is 0 Å². The summed E-state index contributed by atoms with van der Waals surface area (Å²) in [6.45, 7) is 8.90. The molecule has 0 spiro atoms. The number of hydrogen-bond acceptors (Lipinski definition) is 6. The Morgan fingerprint density at radius 3 is 2.53 bits per heavy atom. The molecule has 0 amide bonds. The van der Waals surface area contributed by atoms with Crippen molar-refractivity contribution >= 4 is 23.0 Å². The molecule has 34 heavy (non-hydrogen) atoms. The number of thiocarbonyl (C=S) groups is 1. The van der Waals surface area contributed by atoms with Crippen LogP contribution in [0.3, 0.4) is 0 Å². The van der Waals surface area contributed by atoms with Gasteiger partial charge in [-0.25, -0.2) is 0 Å². The van der Waals surface area contributed by atoms with Crippen molar-refractivity contribution in [3.05, 3.63) is 29.8 Å². The summed E-state index contributed by atoms with van der Waals surface area (Å²) >= 11 is 5.39. The molecule has 0 bridgehead atoms. The Morgan fingerprint density at radius 2 is 1.85 bits per heavy atom. The largest absolute Gasteiger partial charge is 0.418 e. The first-order valence-corrected chi connectivity index (χ1v) is 11.9. The highest BCUT2D eigenvalue weighted by molar-refractivity contribution is 7.80. The average molecular weight is 507 g/mol. The van der Waals surface area contributed by atoms with Crippen molar-refractivity contribution in [2.45, 2.75) is 83.1 Å². The Bertz CT molecular complexity index is 826. The summed E-state index contributed by atoms with van der Waals surface area (Å²) in [6.07, 6.45) is -5.10. The number of para-hydroxylation sites is 1. The van der Waals surface area contributed by atoms with E-state index in [0.717, 1.165) is 18.9 Å². The van der Waals surface area contributed by atoms with E-state index >= 15 is 0 Å². The van der Waals surface area contributed by atoms with E-state index < -0.39 is 48.2 Å². The van der Waals surface area contributed by atoms with Crippen molar-refractivity contribution in [3.63, 3.8) is 0 Å². The summed E-state index contributed by atoms with van der Waals surface area (Å²) < 4.78 is 70.1. The highest BCUT2D eigenvalue weighted by Crippen LogP contribution is 2.39. The Hall–Kier alpha value is -1.50. The third-order valence-electron chi connectivity index (χ3n) is 5.40. The first-order chi connectivity index (χ1) is 16.1. The van der Waals surface area contributed by atoms with E-state index in [1.54, 1.807) is 13.8 Å². The number of anilines is 1. The third-order valence-corrected chi connectivity index (χ3v) is 5.62. The van der Waals surface area contributed by atoms with Gasteiger partial charge in [0.25, 0.3) is 0 Å². The van der Waals surface area contributed by atoms with Gasteiger partial charge in [-0.3, -0.25) is 0 Å². The van der Waals surface area contributed by atoms with Gasteiger partial charge in [-0.2, -0.15) is 13.2 Å². The van der Waals surface area contributed by atoms with Gasteiger partial charge in [0.15, 0.2) is 17.2 Å². The van der Waals surface area contributed by atoms with Gasteiger partial charge in [-0.15, -0.1) is 0 Å². The van der Waals surface area contributed by atoms with Crippen molar-refractivity contribution in [1.82, 2.24) is 5.32 Å². The zero-order chi connectivity index (χ0) is 24.9. The van der Waals surface area contributed by atoms with Gasteiger partial charge in [0.1, 0.15) is 18.3 Å². The Morgan fingerprint density at radius 1 is 1.15 bits per heavy atom. The molecule has 1 aromatic carbocycles. The fraction of sp³-hybridized carbons (Fsp3) is 0.696. The maximum Gasteiger partial charge on any atom is 0.418 e. The summed E-state index contributed by atoms with van der Waals surface area (Å²) in [5, 5.41) is 5.78. The molecule has 0 aliphatic carbocycles. The van der Waals surface area contributed by atoms with E-state index in [4.69, 9.17) is 35.9 Å². The van der Waals surface area contributed by atoms with Crippen LogP contribution in [0.15, 0.2) is 24.3 Å². The SMILES string of the molecule is CCCOC[C@@H](OCCC)[C@H]1O[C@@H]2OC(C)(C)O[C@@H]2[C@H]1NC(=S)Nc1ccccc1C(F)(F)F. The quantitative estimate of drug-likeness (QED) is 0.356. The lowest BCUT2D eigenvalue weighted by atomic mass is 10.0. The maximum atomic E-state index is 13.4. The lowest BCUT2D eigenvalue weighted by molar-refractivity contribution is -0.222. The van der Waals surface area contributed by atoms with E-state index in [1.165, 1.54) is 18.2 Å². The van der Waals surface area contributed by atoms with Crippen LogP contribution in [0.5, 0.6) is 0 Å². The predicted molar refractivity (Wildman–Crippen MR) is 124 cm³/mol. The van der Waals surface area contributed by atoms with Gasteiger partial charge in [-0.05, 0) is 51.0 Å². The molecule has 2 fully saturated rings. The van der Waals surface area contributed by atoms with Crippen molar-refractivity contribution < 1.29 is 36.9 Å². The van der Waals surface area contributed by atoms with E-state index in [2.05, 4.69) is 10.6 Å². The van der Waals surface area contributed by atoms with Crippen LogP contribution in [0.25, 0.3) is 0 Å². The minimum absolute atomic E-state index is 0.00738. The van der Waals surface area contributed by atoms with Crippen LogP contribution >= 0.6 is 12.2 Å². The molecule has 11 heteroatoms. The number of halogens is 3. The highest BCUT2D eigenvalue weighted by Gasteiger charge is 2.57. The van der Waals surface area contributed by atoms with Crippen molar-refractivity contribution in [1.29, 1.82) is 0 Å². The number of alkyl halides is 3. The Balaban J connectivity index is 1.79. The van der Waals surface area contributed by atoms with Crippen LogP contribution in [-0.4, -0.2) is 61.4 Å². The average Bonchev–Trinajstić information content (AvgIpc) is 3.22. The smallest absolute Gasteiger partial charge is 0.379 e. The molecular formula is C23H33F3N2O5S. The van der Waals surface area contributed by atoms with E-state index in [0.29, 0.717) is 13.2 Å². The number of rotatable bonds is 10. The molecule has 2 aliphatic rings. The topological polar surface area (TPSA) is 70.2 Å². The van der Waals surface area contributed by atoms with Crippen molar-refractivity contribution in [3.8, 4) is 0 Å². The van der Waals surface area contributed by atoms with Gasteiger partial charge in [0, 0.05) is 13.2 Å². The van der Waals surface area contributed by atoms with Crippen molar-refractivity contribution in [2.75, 3.05) is 25.1 Å². The molecule has 0 radical (unpaired) electrons. The summed E-state index contributed by atoms with van der Waals surface area (Å²) in [4.78, 5) is 0. The number of ether oxygens (including phenoxy) is 5. The Kier molecular flexibility index (Phi) is 9.16. The standard InChI is InChI=1S/C23H33F3N2O5S/c1-5-11-29-13-16(30-12-6-2)18-17(19-20(31-18)33-22(3,4)32-19)28-21(34)27-15-10-8-7-9-14(15)23(24,25)26/h7-10,16-20H,5-6,11-13H2,1-4H3,(H2,27,28,34)/t16-,17+,18-,19-,20-/m1/s1. The third kappa shape index (κ3) is 6.79. The van der Waals surface area contributed by atoms with Crippen LogP contribution in [0.4, 0.5) is 18.9 Å². The number of hydrogen-bond donors (Lipinski definition) is 2. The summed E-state index contributed by atoms with van der Waals surface area (Å²) in [7, 11) is 0. The zero-order valence-corrected chi connectivity index (χ0v) is 20.6. The minimum Gasteiger partial charge on any atom is -0.379 e. The van der Waals surface area contributed by atoms with Gasteiger partial charge in [0.2, 0.25) is 0 Å². The fourth-order valence-electron chi connectivity index (χ4n) is 4.02. The van der Waals surface area contributed by atoms with Gasteiger partial charge >= 0.3 is 6.18 Å². The molecule has 2 aliphatic heterocycles. The van der Waals surface area contributed by atoms with Crippen LogP contribution in [-0.2, 0) is 29.9 Å². The molecule has 0 aromatic heterocycles. The van der Waals surface area contributed by atoms with Gasteiger partial charge in [0.05, 0.1) is 23.9 Å². The maximum absolute atomic E-state index is 13.4. The van der Waals surface area contributed by atoms with E-state index in [-0.39, 0.29) is 17.4 Å². The second kappa shape index (κ2) is 11.5. The molecule has 1 aromatic rings. The molecule has 7 nitrogen and oxygen atoms in total. The first-order valence-electron chi connectivity index (χ1n) is 11.5. The van der Waals surface area contributed by atoms with E-state index in [1.807, 2.05) is 13.8 Å². The van der Waals surface area contributed by atoms with Crippen LogP contribution in [0.1, 0.15) is 46.1 Å². The van der Waals surface area contributed by atoms with Gasteiger partial charge in [-0.1, -0.05) is 26.0 Å². The number of benzene rings is 1. The van der Waals surface area contributed by atoms with Crippen LogP contribution < -0.4 is 10.6 Å². The molecule has 0 saturated carbocycles. The lowest BCUT2D eigenvalue weighted by Gasteiger charge is -2.32. The molecule has 0 unspecified atom stereocenters. The zero-order valence-electron chi connectivity index (χ0n) is 19.8. The monoisotopic (exact) mass is 506 g/mol. The second-order valence-electron chi connectivity index (χ2n) is 8.72. The lowest BCUT2D eigenvalue weighted by Crippen LogP contribution is -2.54. The van der Waals surface area contributed by atoms with Gasteiger partial charge < -0.3 is 34.3 Å². The molecular weight excluding hydrogens is 473 g/mol. The molecule has 192 valence electrons. The normalized spacial score (nSPS) is 26.8. The summed E-state index contributed by atoms with van der Waals surface area (Å²) in [5.74, 6) is -0.878. The second-order valence-corrected chi connectivity index (χ2v) is 9.13. The summed E-state index contributed by atoms with van der Waals surface area (Å²) in [6, 6.07) is 4.61. The molecule has 2 heterocycles. The molecule has 3 rings (SSSR count). The number of nitrogens with one attached hydrogen (secondary N) is 2. The Labute approximate surface area is 203 Å². The number of fused-ring (bicyclic) bond motifs is 1. The van der Waals surface area contributed by atoms with Crippen molar-refractivity contribution in [2.24, 2.45) is 0 Å². The van der Waals surface area contributed by atoms with E-state index in [9.17, 15) is 13.2 Å². The fourth-order valence-corrected chi connectivity index (χ4v) is 4.26. The first kappa shape index (κ1) is 27.1. The predicted octanol–water partition coefficient (Wildman–Crippen LogP) is 4.46. The minimum atomic E-state index is -4.52.